The molecule has 2 aromatic heterocycles. The number of likely N-dealkylation sites (N-methyl/N-ethyl adjacent to an activating group) is 3. The number of fused-ring (bicyclic) bond motifs is 22. The van der Waals surface area contributed by atoms with E-state index in [9.17, 15) is 60.8 Å². The number of phenolic OH excluding ortho intramolecular Hbond substituents is 6. The second-order valence-corrected chi connectivity index (χ2v) is 37.5. The van der Waals surface area contributed by atoms with Crippen molar-refractivity contribution in [2.24, 2.45) is 0 Å². The number of rotatable bonds is 22. The molecular weight excluding hydrogens is 1850 g/mol. The van der Waals surface area contributed by atoms with E-state index in [1.807, 2.05) is 87.0 Å². The summed E-state index contributed by atoms with van der Waals surface area (Å²) in [5.74, 6) is 5.44. The number of hydrogen-bond donors (Lipinski definition) is 10. The van der Waals surface area contributed by atoms with Crippen molar-refractivity contribution in [3.63, 3.8) is 0 Å². The van der Waals surface area contributed by atoms with Gasteiger partial charge in [-0.2, -0.15) is 15.8 Å². The van der Waals surface area contributed by atoms with Gasteiger partial charge >= 0.3 is 6.09 Å². The molecular formula is C107H122N14O23. The van der Waals surface area contributed by atoms with Gasteiger partial charge in [0.1, 0.15) is 75.5 Å². The molecule has 10 aromatic rings. The molecule has 3 fully saturated rings. The van der Waals surface area contributed by atoms with Crippen LogP contribution in [0.3, 0.4) is 0 Å². The number of H-pyrrole nitrogens is 1. The minimum absolute atomic E-state index is 0.0192. The van der Waals surface area contributed by atoms with Gasteiger partial charge in [0.25, 0.3) is 11.8 Å². The van der Waals surface area contributed by atoms with Gasteiger partial charge in [0.15, 0.2) is 69.0 Å². The molecule has 144 heavy (non-hydrogen) atoms. The van der Waals surface area contributed by atoms with Crippen molar-refractivity contribution >= 4 is 28.8 Å². The fraction of sp³-hybridized carbons (Fsp3) is 0.430. The third kappa shape index (κ3) is 15.8. The largest absolute Gasteiger partial charge is 0.504 e. The van der Waals surface area contributed by atoms with Crippen LogP contribution < -0.4 is 82.3 Å². The van der Waals surface area contributed by atoms with Crippen molar-refractivity contribution in [3.8, 4) is 133 Å². The van der Waals surface area contributed by atoms with Crippen LogP contribution in [0.1, 0.15) is 157 Å². The Morgan fingerprint density at radius 2 is 0.646 bits per heavy atom. The lowest BCUT2D eigenvalue weighted by atomic mass is 9.71. The van der Waals surface area contributed by atoms with E-state index < -0.39 is 78.6 Å². The summed E-state index contributed by atoms with van der Waals surface area (Å²) in [5.41, 5.74) is 13.8. The van der Waals surface area contributed by atoms with Gasteiger partial charge in [-0.3, -0.25) is 44.0 Å². The molecule has 0 saturated carbocycles. The Morgan fingerprint density at radius 3 is 0.944 bits per heavy atom. The second-order valence-electron chi connectivity index (χ2n) is 37.5. The monoisotopic (exact) mass is 1970 g/mol. The number of para-hydroxylation sites is 1. The highest BCUT2D eigenvalue weighted by Gasteiger charge is 2.62. The zero-order chi connectivity index (χ0) is 103. The maximum absolute atomic E-state index is 13.7. The second kappa shape index (κ2) is 40.1. The molecule has 6 bridgehead atoms. The molecule has 0 spiro atoms. The zero-order valence-corrected chi connectivity index (χ0v) is 84.6. The lowest BCUT2D eigenvalue weighted by Gasteiger charge is -2.60. The first-order valence-electron chi connectivity index (χ1n) is 47.4. The number of aromatic amines is 1. The number of ether oxygens (including phenoxy) is 14. The lowest BCUT2D eigenvalue weighted by Crippen LogP contribution is -2.68. The predicted octanol–water partition coefficient (Wildman–Crippen LogP) is 12.1. The maximum atomic E-state index is 13.7. The van der Waals surface area contributed by atoms with E-state index in [0.717, 1.165) is 44.3 Å². The molecule has 37 heteroatoms. The van der Waals surface area contributed by atoms with Crippen molar-refractivity contribution in [2.75, 3.05) is 133 Å². The number of nitrogens with zero attached hydrogens (tertiary/aromatic N) is 10. The fourth-order valence-electron chi connectivity index (χ4n) is 25.5. The van der Waals surface area contributed by atoms with Crippen LogP contribution in [0.25, 0.3) is 10.9 Å². The van der Waals surface area contributed by atoms with Gasteiger partial charge < -0.3 is 118 Å². The zero-order valence-electron chi connectivity index (χ0n) is 84.6. The molecule has 19 rings (SSSR count). The van der Waals surface area contributed by atoms with Crippen LogP contribution in [0.2, 0.25) is 0 Å². The van der Waals surface area contributed by atoms with Crippen molar-refractivity contribution in [2.45, 2.75) is 171 Å². The minimum atomic E-state index is -0.721. The van der Waals surface area contributed by atoms with Crippen LogP contribution in [-0.2, 0) is 38.5 Å². The van der Waals surface area contributed by atoms with Gasteiger partial charge in [-0.1, -0.05) is 24.3 Å². The van der Waals surface area contributed by atoms with Crippen LogP contribution >= 0.6 is 0 Å². The van der Waals surface area contributed by atoms with E-state index in [1.54, 1.807) is 104 Å². The van der Waals surface area contributed by atoms with Crippen LogP contribution in [0.15, 0.2) is 79.0 Å². The van der Waals surface area contributed by atoms with E-state index in [2.05, 4.69) is 73.5 Å². The van der Waals surface area contributed by atoms with Crippen LogP contribution in [-0.4, -0.2) is 275 Å². The van der Waals surface area contributed by atoms with Crippen LogP contribution in [0, 0.1) is 75.5 Å². The van der Waals surface area contributed by atoms with Crippen molar-refractivity contribution in [3.05, 3.63) is 191 Å². The Bertz CT molecular complexity index is 6840. The van der Waals surface area contributed by atoms with Gasteiger partial charge in [-0.25, -0.2) is 4.79 Å². The first-order chi connectivity index (χ1) is 69.3. The number of aromatic hydroxyl groups is 6. The summed E-state index contributed by atoms with van der Waals surface area (Å²) in [6.07, 6.45) is 3.20. The van der Waals surface area contributed by atoms with Crippen molar-refractivity contribution in [1.29, 1.82) is 15.8 Å². The van der Waals surface area contributed by atoms with Crippen molar-refractivity contribution < 1.29 is 111 Å². The minimum Gasteiger partial charge on any atom is -0.504 e. The first kappa shape index (κ1) is 101. The number of piperazine rings is 3. The fourth-order valence-corrected chi connectivity index (χ4v) is 25.5. The molecule has 9 aliphatic rings. The normalized spacial score (nSPS) is 22.8. The summed E-state index contributed by atoms with van der Waals surface area (Å²) in [6.45, 7) is 11.1. The third-order valence-corrected chi connectivity index (χ3v) is 31.3. The molecule has 11 heterocycles. The van der Waals surface area contributed by atoms with E-state index in [1.165, 1.54) is 42.7 Å². The molecule has 15 atom stereocenters. The number of aromatic nitrogens is 2. The topological polar surface area (TPSA) is 457 Å². The average molecular weight is 1970 g/mol. The molecule has 0 radical (unpaired) electrons. The third-order valence-electron chi connectivity index (χ3n) is 31.3. The van der Waals surface area contributed by atoms with Crippen LogP contribution in [0.5, 0.6) is 115 Å². The quantitative estimate of drug-likeness (QED) is 0.0301. The molecule has 8 aromatic carbocycles. The van der Waals surface area contributed by atoms with Gasteiger partial charge in [-0.15, -0.1) is 0 Å². The summed E-state index contributed by atoms with van der Waals surface area (Å²) in [7, 11) is 26.0. The SMILES string of the molecule is COc1c(C)c(OC)c2c(c1O)[C@@H]1[C@@H]3Cc4c(OC)c(C)c(OC)c(O)c4[C@H](CNC(=O)c4cc5ccccc5[nH]4)N3[C@@H](C#N)[C@H](C2)N1C.COc1c(C)c(OC)c2c(c1O)[C@@H]1[C@@H]3Cc4c(OC)c(C)c(OC)c(O)c4[C@H](CNC(=O)c4ccccn4)N3[C@@H](C#N)[C@H](C2)N1C.COc1ccc(OC(=O)NC[C@H]2c3c(O)c(OC)c(C)c(OC)c3C[C@H]3[C@H]4c5c(O)c(OC)c(C)c(OC)c5C[C@@H]([C@H](C#N)N23)N4C)cc1. The summed E-state index contributed by atoms with van der Waals surface area (Å²) in [5, 5.41) is 113. The Balaban J connectivity index is 0.000000148. The van der Waals surface area contributed by atoms with Gasteiger partial charge in [0, 0.05) is 173 Å². The molecule has 0 unspecified atom stereocenters. The Morgan fingerprint density at radius 1 is 0.361 bits per heavy atom. The molecule has 10 N–H and O–H groups in total. The number of carbonyl (C=O) groups excluding carboxylic acids is 3. The number of carbonyl (C=O) groups is 3. The number of methoxy groups -OCH3 is 13. The average Bonchev–Trinajstić information content (AvgIpc) is 0.722. The number of phenols is 6. The van der Waals surface area contributed by atoms with Gasteiger partial charge in [0.2, 0.25) is 0 Å². The number of nitrogens with one attached hydrogen (secondary N) is 4. The molecule has 3 saturated heterocycles. The summed E-state index contributed by atoms with van der Waals surface area (Å²) < 4.78 is 80.5. The highest BCUT2D eigenvalue weighted by Crippen LogP contribution is 2.65. The maximum Gasteiger partial charge on any atom is 0.412 e. The highest BCUT2D eigenvalue weighted by atomic mass is 16.6. The van der Waals surface area contributed by atoms with Crippen molar-refractivity contribution in [1.82, 2.24) is 55.3 Å². The summed E-state index contributed by atoms with van der Waals surface area (Å²) in [4.78, 5) is 60.3. The predicted molar refractivity (Wildman–Crippen MR) is 528 cm³/mol. The highest BCUT2D eigenvalue weighted by molar-refractivity contribution is 5.98. The number of amides is 3. The number of benzene rings is 8. The smallest absolute Gasteiger partial charge is 0.412 e. The number of pyridine rings is 1. The van der Waals surface area contributed by atoms with Crippen LogP contribution in [0.4, 0.5) is 4.79 Å². The Hall–Kier alpha value is -14.9. The van der Waals surface area contributed by atoms with E-state index in [0.29, 0.717) is 174 Å². The molecule has 37 nitrogen and oxygen atoms in total. The molecule has 3 amide bonds. The Labute approximate surface area is 834 Å². The molecule has 9 aliphatic heterocycles. The van der Waals surface area contributed by atoms with E-state index in [4.69, 9.17) is 66.3 Å². The lowest BCUT2D eigenvalue weighted by molar-refractivity contribution is -0.0725. The molecule has 758 valence electrons. The Kier molecular flexibility index (Phi) is 28.0. The van der Waals surface area contributed by atoms with Gasteiger partial charge in [0.05, 0.1) is 147 Å². The summed E-state index contributed by atoms with van der Waals surface area (Å²) >= 11 is 0. The number of hydrogen-bond acceptors (Lipinski definition) is 33. The van der Waals surface area contributed by atoms with E-state index in [-0.39, 0.29) is 107 Å². The molecule has 0 aliphatic carbocycles. The first-order valence-corrected chi connectivity index (χ1v) is 47.4. The van der Waals surface area contributed by atoms with E-state index >= 15 is 0 Å². The number of nitriles is 3. The standard InChI is InChI=1S/C37H41N5O7.C36H42N4O9.C34H39N5O7/c1-17-33(46-4)20-14-25-30-29-21(34(47-5)18(2)36(49-7)32(29)44)13-24(41(30)3)26(15-38)42(25)27(28(20)31(43)35(17)48-6)16-39-37(45)23-12-19-10-8-9-11-22(19)40-23;1-17-32(45-5)21-14-24-29-28-22(33(46-6)18(2)35(48-8)31(28)42)13-23(39(29)3)25(15-37)40(24)26(27(21)30(41)34(17)47-7)16-38-36(43)49-20-11-9-19(44-4)10-12-20;1-16-30(43-4)18-13-22-27-26-19(31(44-5)17(2)33(46-7)29(26)41)12-21(38(27)3)23(14-35)39(22)24(25(18)28(40)32(16)45-6)15-37-34(42)20-10-8-9-11-36-20/h8-12,24-27,30,40,43-44H,13-14,16H2,1-7H3,(H,39,45);9-12,23-26,29,41-42H,13-14,16H2,1-8H3,(H,38,43);8-11,21-24,27,40-41H,12-13,15H2,1-7H3,(H,37,42)/t24-,25-,26-,27-,30-;23-,24-,25-,26-,29-;21-,22-,23-,24-,27-/m000/s1. The summed E-state index contributed by atoms with van der Waals surface area (Å²) in [6, 6.07) is 21.4. The van der Waals surface area contributed by atoms with Gasteiger partial charge in [-0.05, 0) is 150 Å².